The molecule has 12 heavy (non-hydrogen) atoms. The number of rotatable bonds is 2. The third-order valence-corrected chi connectivity index (χ3v) is 1.95. The van der Waals surface area contributed by atoms with Crippen molar-refractivity contribution in [1.29, 1.82) is 0 Å². The van der Waals surface area contributed by atoms with Gasteiger partial charge >= 0.3 is 5.97 Å². The zero-order valence-electron chi connectivity index (χ0n) is 7.50. The van der Waals surface area contributed by atoms with Gasteiger partial charge in [-0.15, -0.1) is 12.4 Å². The lowest BCUT2D eigenvalue weighted by Crippen LogP contribution is -2.35. The van der Waals surface area contributed by atoms with Gasteiger partial charge in [0, 0.05) is 6.04 Å². The van der Waals surface area contributed by atoms with Crippen LogP contribution in [0, 0.1) is 0 Å². The summed E-state index contributed by atoms with van der Waals surface area (Å²) in [5, 5.41) is 3.16. The van der Waals surface area contributed by atoms with Gasteiger partial charge in [-0.3, -0.25) is 4.79 Å². The zero-order chi connectivity index (χ0) is 8.27. The number of hydrogen-bond donors (Lipinski definition) is 1. The van der Waals surface area contributed by atoms with E-state index in [0.29, 0.717) is 12.6 Å². The van der Waals surface area contributed by atoms with Gasteiger partial charge in [-0.25, -0.2) is 0 Å². The minimum atomic E-state index is -0.100. The molecule has 0 aliphatic carbocycles. The van der Waals surface area contributed by atoms with Crippen LogP contribution in [-0.2, 0) is 9.53 Å². The van der Waals surface area contributed by atoms with Crippen LogP contribution >= 0.6 is 12.4 Å². The van der Waals surface area contributed by atoms with Gasteiger partial charge in [0.25, 0.3) is 0 Å². The quantitative estimate of drug-likeness (QED) is 0.668. The van der Waals surface area contributed by atoms with E-state index in [9.17, 15) is 4.79 Å². The first kappa shape index (κ1) is 11.7. The highest BCUT2D eigenvalue weighted by molar-refractivity contribution is 5.85. The molecule has 1 heterocycles. The number of carbonyl (C=O) groups is 1. The van der Waals surface area contributed by atoms with E-state index in [1.54, 1.807) is 0 Å². The Morgan fingerprint density at radius 3 is 2.67 bits per heavy atom. The lowest BCUT2D eigenvalue weighted by Gasteiger charge is -2.09. The number of nitrogens with one attached hydrogen (secondary N) is 1. The van der Waals surface area contributed by atoms with Crippen LogP contribution in [0.5, 0.6) is 0 Å². The summed E-state index contributed by atoms with van der Waals surface area (Å²) in [6.45, 7) is 4.39. The Morgan fingerprint density at radius 1 is 1.58 bits per heavy atom. The normalized spacial score (nSPS) is 27.8. The van der Waals surface area contributed by atoms with E-state index in [1.165, 1.54) is 0 Å². The van der Waals surface area contributed by atoms with Crippen molar-refractivity contribution < 1.29 is 9.53 Å². The molecule has 0 unspecified atom stereocenters. The van der Waals surface area contributed by atoms with Crippen molar-refractivity contribution in [2.45, 2.75) is 38.8 Å². The molecule has 4 heteroatoms. The SMILES string of the molecule is CCOC(=O)[C@@H]1CC[C@H](C)N1.Cl. The monoisotopic (exact) mass is 193 g/mol. The van der Waals surface area contributed by atoms with Crippen molar-refractivity contribution in [3.8, 4) is 0 Å². The Balaban J connectivity index is 0.00000121. The maximum absolute atomic E-state index is 11.1. The predicted molar refractivity (Wildman–Crippen MR) is 49.5 cm³/mol. The second-order valence-corrected chi connectivity index (χ2v) is 2.95. The number of hydrogen-bond acceptors (Lipinski definition) is 3. The van der Waals surface area contributed by atoms with Crippen LogP contribution in [-0.4, -0.2) is 24.7 Å². The molecule has 1 rings (SSSR count). The molecule has 0 saturated carbocycles. The first-order valence-electron chi connectivity index (χ1n) is 4.16. The Morgan fingerprint density at radius 2 is 2.25 bits per heavy atom. The fourth-order valence-electron chi connectivity index (χ4n) is 1.36. The second kappa shape index (κ2) is 5.38. The molecule has 1 saturated heterocycles. The molecule has 0 radical (unpaired) electrons. The number of esters is 1. The molecule has 2 atom stereocenters. The first-order valence-corrected chi connectivity index (χ1v) is 4.16. The molecule has 0 aromatic carbocycles. The van der Waals surface area contributed by atoms with Gasteiger partial charge in [-0.2, -0.15) is 0 Å². The van der Waals surface area contributed by atoms with Crippen molar-refractivity contribution in [2.24, 2.45) is 0 Å². The van der Waals surface area contributed by atoms with Gasteiger partial charge in [0.05, 0.1) is 6.61 Å². The summed E-state index contributed by atoms with van der Waals surface area (Å²) in [6.07, 6.45) is 1.99. The third kappa shape index (κ3) is 2.99. The van der Waals surface area contributed by atoms with Crippen molar-refractivity contribution in [3.63, 3.8) is 0 Å². The van der Waals surface area contributed by atoms with Gasteiger partial charge in [0.2, 0.25) is 0 Å². The predicted octanol–water partition coefficient (Wildman–Crippen LogP) is 1.11. The fraction of sp³-hybridized carbons (Fsp3) is 0.875. The lowest BCUT2D eigenvalue weighted by atomic mass is 10.2. The Bertz CT molecular complexity index is 152. The van der Waals surface area contributed by atoms with Crippen LogP contribution < -0.4 is 5.32 Å². The van der Waals surface area contributed by atoms with Crippen molar-refractivity contribution in [3.05, 3.63) is 0 Å². The molecular formula is C8H16ClNO2. The molecule has 1 fully saturated rings. The van der Waals surface area contributed by atoms with Crippen LogP contribution in [0.2, 0.25) is 0 Å². The molecule has 72 valence electrons. The standard InChI is InChI=1S/C8H15NO2.ClH/c1-3-11-8(10)7-5-4-6(2)9-7;/h6-7,9H,3-5H2,1-2H3;1H/t6-,7-;/m0./s1. The van der Waals surface area contributed by atoms with Crippen LogP contribution in [0.15, 0.2) is 0 Å². The first-order chi connectivity index (χ1) is 5.24. The topological polar surface area (TPSA) is 38.3 Å². The fourth-order valence-corrected chi connectivity index (χ4v) is 1.36. The molecule has 0 bridgehead atoms. The Labute approximate surface area is 79.3 Å². The van der Waals surface area contributed by atoms with Crippen molar-refractivity contribution >= 4 is 18.4 Å². The minimum Gasteiger partial charge on any atom is -0.465 e. The summed E-state index contributed by atoms with van der Waals surface area (Å²) in [7, 11) is 0. The molecule has 1 aliphatic rings. The highest BCUT2D eigenvalue weighted by Crippen LogP contribution is 2.12. The van der Waals surface area contributed by atoms with E-state index in [0.717, 1.165) is 12.8 Å². The molecule has 0 aromatic rings. The van der Waals surface area contributed by atoms with Gasteiger partial charge in [-0.1, -0.05) is 0 Å². The summed E-state index contributed by atoms with van der Waals surface area (Å²) >= 11 is 0. The van der Waals surface area contributed by atoms with Crippen molar-refractivity contribution in [1.82, 2.24) is 5.32 Å². The highest BCUT2D eigenvalue weighted by atomic mass is 35.5. The van der Waals surface area contributed by atoms with E-state index in [4.69, 9.17) is 4.74 Å². The molecule has 0 amide bonds. The number of ether oxygens (including phenoxy) is 1. The van der Waals surface area contributed by atoms with Crippen LogP contribution in [0.1, 0.15) is 26.7 Å². The lowest BCUT2D eigenvalue weighted by molar-refractivity contribution is -0.145. The Kier molecular flexibility index (Phi) is 5.25. The smallest absolute Gasteiger partial charge is 0.323 e. The minimum absolute atomic E-state index is 0. The van der Waals surface area contributed by atoms with Crippen LogP contribution in [0.25, 0.3) is 0 Å². The van der Waals surface area contributed by atoms with E-state index in [-0.39, 0.29) is 24.4 Å². The third-order valence-electron chi connectivity index (χ3n) is 1.95. The summed E-state index contributed by atoms with van der Waals surface area (Å²) in [6, 6.07) is 0.411. The molecule has 0 aromatic heterocycles. The number of carbonyl (C=O) groups excluding carboxylic acids is 1. The zero-order valence-corrected chi connectivity index (χ0v) is 8.32. The van der Waals surface area contributed by atoms with Crippen molar-refractivity contribution in [2.75, 3.05) is 6.61 Å². The van der Waals surface area contributed by atoms with Crippen LogP contribution in [0.3, 0.4) is 0 Å². The van der Waals surface area contributed by atoms with E-state index in [2.05, 4.69) is 12.2 Å². The largest absolute Gasteiger partial charge is 0.465 e. The highest BCUT2D eigenvalue weighted by Gasteiger charge is 2.27. The van der Waals surface area contributed by atoms with Gasteiger partial charge in [0.1, 0.15) is 6.04 Å². The Hall–Kier alpha value is -0.280. The molecule has 1 aliphatic heterocycles. The van der Waals surface area contributed by atoms with E-state index in [1.807, 2.05) is 6.92 Å². The summed E-state index contributed by atoms with van der Waals surface area (Å²) < 4.78 is 4.87. The van der Waals surface area contributed by atoms with E-state index >= 15 is 0 Å². The molecule has 0 spiro atoms. The second-order valence-electron chi connectivity index (χ2n) is 2.95. The van der Waals surface area contributed by atoms with Gasteiger partial charge < -0.3 is 10.1 Å². The summed E-state index contributed by atoms with van der Waals surface area (Å²) in [5.41, 5.74) is 0. The molecular weight excluding hydrogens is 178 g/mol. The van der Waals surface area contributed by atoms with Gasteiger partial charge in [0.15, 0.2) is 0 Å². The van der Waals surface area contributed by atoms with E-state index < -0.39 is 0 Å². The maximum Gasteiger partial charge on any atom is 0.323 e. The molecule has 3 nitrogen and oxygen atoms in total. The van der Waals surface area contributed by atoms with Gasteiger partial charge in [-0.05, 0) is 26.7 Å². The number of halogens is 1. The summed E-state index contributed by atoms with van der Waals surface area (Å²) in [4.78, 5) is 11.1. The maximum atomic E-state index is 11.1. The van der Waals surface area contributed by atoms with Crippen LogP contribution in [0.4, 0.5) is 0 Å². The summed E-state index contributed by atoms with van der Waals surface area (Å²) in [5.74, 6) is -0.100. The molecule has 1 N–H and O–H groups in total. The average Bonchev–Trinajstić information content (AvgIpc) is 2.36. The average molecular weight is 194 g/mol.